The second-order valence-electron chi connectivity index (χ2n) is 10.6. The van der Waals surface area contributed by atoms with Crippen molar-refractivity contribution in [2.45, 2.75) is 45.2 Å². The molecule has 0 amide bonds. The van der Waals surface area contributed by atoms with E-state index in [1.165, 1.54) is 44.8 Å². The van der Waals surface area contributed by atoms with Gasteiger partial charge in [0.15, 0.2) is 0 Å². The van der Waals surface area contributed by atoms with Crippen LogP contribution >= 0.6 is 0 Å². The van der Waals surface area contributed by atoms with Crippen molar-refractivity contribution in [3.05, 3.63) is 130 Å². The molecule has 0 saturated heterocycles. The molecule has 0 spiro atoms. The van der Waals surface area contributed by atoms with Crippen LogP contribution in [0.15, 0.2) is 97.1 Å². The van der Waals surface area contributed by atoms with Crippen LogP contribution in [-0.2, 0) is 31.3 Å². The Morgan fingerprint density at radius 3 is 1.37 bits per heavy atom. The third-order valence-corrected chi connectivity index (χ3v) is 8.12. The molecule has 0 bridgehead atoms. The van der Waals surface area contributed by atoms with Gasteiger partial charge in [0.1, 0.15) is 0 Å². The van der Waals surface area contributed by atoms with E-state index in [1.807, 2.05) is 0 Å². The summed E-state index contributed by atoms with van der Waals surface area (Å²) in [5.41, 5.74) is 11.3. The summed E-state index contributed by atoms with van der Waals surface area (Å²) >= 11 is 0. The molecule has 2 heterocycles. The molecule has 2 aliphatic rings. The zero-order valence-corrected chi connectivity index (χ0v) is 20.9. The van der Waals surface area contributed by atoms with Gasteiger partial charge in [0.05, 0.1) is 0 Å². The number of nitrogens with zero attached hydrogens (tertiary/aromatic N) is 2. The second-order valence-corrected chi connectivity index (χ2v) is 10.6. The minimum atomic E-state index is -0.0475. The zero-order chi connectivity index (χ0) is 23.8. The van der Waals surface area contributed by atoms with Gasteiger partial charge in [-0.2, -0.15) is 0 Å². The smallest absolute Gasteiger partial charge is 0.0432 e. The van der Waals surface area contributed by atoms with Crippen molar-refractivity contribution in [3.63, 3.8) is 0 Å². The minimum Gasteiger partial charge on any atom is -0.367 e. The minimum absolute atomic E-state index is 0.0475. The topological polar surface area (TPSA) is 6.48 Å². The van der Waals surface area contributed by atoms with Crippen LogP contribution < -0.4 is 9.80 Å². The lowest BCUT2D eigenvalue weighted by Crippen LogP contribution is -2.31. The zero-order valence-electron chi connectivity index (χ0n) is 20.9. The first kappa shape index (κ1) is 22.0. The van der Waals surface area contributed by atoms with E-state index < -0.39 is 0 Å². The molecule has 0 saturated carbocycles. The van der Waals surface area contributed by atoms with Gasteiger partial charge in [-0.25, -0.2) is 0 Å². The Balaban J connectivity index is 1.28. The van der Waals surface area contributed by atoms with E-state index in [9.17, 15) is 0 Å². The lowest BCUT2D eigenvalue weighted by Gasteiger charge is -2.34. The standard InChI is InChI=1S/C33H34N2/c1-33(2,29-15-13-25-17-19-34(23-27(25)21-29)31-9-5-3-6-10-31)30-16-14-26-18-20-35(24-28(26)22-30)32-11-7-4-8-12-32/h3-16,21-22H,17-20,23-24H2,1-2H3. The number of para-hydroxylation sites is 2. The molecule has 0 aromatic heterocycles. The molecule has 0 fully saturated rings. The van der Waals surface area contributed by atoms with E-state index in [0.29, 0.717) is 0 Å². The fraction of sp³-hybridized carbons (Fsp3) is 0.273. The van der Waals surface area contributed by atoms with Crippen molar-refractivity contribution in [1.29, 1.82) is 0 Å². The number of benzene rings is 4. The molecule has 4 aromatic rings. The van der Waals surface area contributed by atoms with E-state index in [4.69, 9.17) is 0 Å². The monoisotopic (exact) mass is 458 g/mol. The van der Waals surface area contributed by atoms with Crippen molar-refractivity contribution >= 4 is 11.4 Å². The average Bonchev–Trinajstić information content (AvgIpc) is 2.92. The maximum absolute atomic E-state index is 2.51. The first-order valence-electron chi connectivity index (χ1n) is 12.9. The van der Waals surface area contributed by atoms with Gasteiger partial charge >= 0.3 is 0 Å². The van der Waals surface area contributed by atoms with E-state index in [1.54, 1.807) is 0 Å². The van der Waals surface area contributed by atoms with Crippen LogP contribution in [0.1, 0.15) is 47.2 Å². The molecule has 0 unspecified atom stereocenters. The van der Waals surface area contributed by atoms with Crippen molar-refractivity contribution in [2.24, 2.45) is 0 Å². The number of hydrogen-bond acceptors (Lipinski definition) is 2. The molecule has 0 N–H and O–H groups in total. The number of hydrogen-bond donors (Lipinski definition) is 0. The number of rotatable bonds is 4. The summed E-state index contributed by atoms with van der Waals surface area (Å²) in [6, 6.07) is 36.1. The Bertz CT molecular complexity index is 1220. The summed E-state index contributed by atoms with van der Waals surface area (Å²) in [7, 11) is 0. The van der Waals surface area contributed by atoms with Gasteiger partial charge < -0.3 is 9.80 Å². The third-order valence-electron chi connectivity index (χ3n) is 8.12. The van der Waals surface area contributed by atoms with Crippen molar-refractivity contribution in [3.8, 4) is 0 Å². The highest BCUT2D eigenvalue weighted by molar-refractivity contribution is 5.53. The summed E-state index contributed by atoms with van der Waals surface area (Å²) in [5.74, 6) is 0. The van der Waals surface area contributed by atoms with Crippen LogP contribution in [0.5, 0.6) is 0 Å². The maximum atomic E-state index is 2.51. The van der Waals surface area contributed by atoms with Crippen LogP contribution in [0.3, 0.4) is 0 Å². The van der Waals surface area contributed by atoms with Crippen LogP contribution in [0.4, 0.5) is 11.4 Å². The molecule has 0 atom stereocenters. The van der Waals surface area contributed by atoms with E-state index in [0.717, 1.165) is 39.0 Å². The number of fused-ring (bicyclic) bond motifs is 2. The van der Waals surface area contributed by atoms with Gasteiger partial charge in [-0.3, -0.25) is 0 Å². The van der Waals surface area contributed by atoms with Gasteiger partial charge in [0, 0.05) is 43.0 Å². The van der Waals surface area contributed by atoms with Crippen LogP contribution in [0, 0.1) is 0 Å². The highest BCUT2D eigenvalue weighted by Crippen LogP contribution is 2.36. The molecule has 0 radical (unpaired) electrons. The molecule has 2 aliphatic heterocycles. The fourth-order valence-corrected chi connectivity index (χ4v) is 5.78. The quantitative estimate of drug-likeness (QED) is 0.321. The summed E-state index contributed by atoms with van der Waals surface area (Å²) < 4.78 is 0. The SMILES string of the molecule is CC(C)(c1ccc2c(c1)CN(c1ccccc1)CC2)c1ccc2c(c1)CN(c1ccccc1)CC2. The van der Waals surface area contributed by atoms with E-state index in [-0.39, 0.29) is 5.41 Å². The molecule has 2 heteroatoms. The normalized spacial score (nSPS) is 15.5. The predicted molar refractivity (Wildman–Crippen MR) is 147 cm³/mol. The lowest BCUT2D eigenvalue weighted by atomic mass is 9.75. The Labute approximate surface area is 209 Å². The predicted octanol–water partition coefficient (Wildman–Crippen LogP) is 7.14. The average molecular weight is 459 g/mol. The molecule has 2 nitrogen and oxygen atoms in total. The van der Waals surface area contributed by atoms with Gasteiger partial charge in [-0.15, -0.1) is 0 Å². The molecular formula is C33H34N2. The first-order valence-corrected chi connectivity index (χ1v) is 12.9. The lowest BCUT2D eigenvalue weighted by molar-refractivity contribution is 0.630. The molecule has 6 rings (SSSR count). The molecular weight excluding hydrogens is 424 g/mol. The number of anilines is 2. The molecule has 4 aromatic carbocycles. The molecule has 176 valence electrons. The van der Waals surface area contributed by atoms with E-state index in [2.05, 4.69) is 121 Å². The fourth-order valence-electron chi connectivity index (χ4n) is 5.78. The Morgan fingerprint density at radius 2 is 0.943 bits per heavy atom. The van der Waals surface area contributed by atoms with Gasteiger partial charge in [-0.05, 0) is 70.5 Å². The summed E-state index contributed by atoms with van der Waals surface area (Å²) in [6.07, 6.45) is 2.22. The Morgan fingerprint density at radius 1 is 0.514 bits per heavy atom. The van der Waals surface area contributed by atoms with Crippen LogP contribution in [-0.4, -0.2) is 13.1 Å². The largest absolute Gasteiger partial charge is 0.367 e. The highest BCUT2D eigenvalue weighted by Gasteiger charge is 2.27. The first-order chi connectivity index (χ1) is 17.1. The highest BCUT2D eigenvalue weighted by atomic mass is 15.1. The summed E-state index contributed by atoms with van der Waals surface area (Å²) in [4.78, 5) is 5.02. The van der Waals surface area contributed by atoms with Crippen LogP contribution in [0.2, 0.25) is 0 Å². The van der Waals surface area contributed by atoms with Gasteiger partial charge in [0.25, 0.3) is 0 Å². The Hall–Kier alpha value is -3.52. The molecule has 35 heavy (non-hydrogen) atoms. The van der Waals surface area contributed by atoms with Gasteiger partial charge in [0.2, 0.25) is 0 Å². The Kier molecular flexibility index (Phi) is 5.60. The third kappa shape index (κ3) is 4.23. The van der Waals surface area contributed by atoms with Gasteiger partial charge in [-0.1, -0.05) is 86.6 Å². The maximum Gasteiger partial charge on any atom is 0.0432 e. The van der Waals surface area contributed by atoms with Crippen LogP contribution in [0.25, 0.3) is 0 Å². The summed E-state index contributed by atoms with van der Waals surface area (Å²) in [5, 5.41) is 0. The van der Waals surface area contributed by atoms with Crippen molar-refractivity contribution < 1.29 is 0 Å². The molecule has 0 aliphatic carbocycles. The van der Waals surface area contributed by atoms with Crippen molar-refractivity contribution in [1.82, 2.24) is 0 Å². The second kappa shape index (κ2) is 8.92. The van der Waals surface area contributed by atoms with E-state index >= 15 is 0 Å². The van der Waals surface area contributed by atoms with Crippen molar-refractivity contribution in [2.75, 3.05) is 22.9 Å². The summed E-state index contributed by atoms with van der Waals surface area (Å²) in [6.45, 7) is 8.90.